The average molecular weight is 492 g/mol. The summed E-state index contributed by atoms with van der Waals surface area (Å²) in [6, 6.07) is 9.93. The molecule has 2 aromatic rings. The van der Waals surface area contributed by atoms with Crippen molar-refractivity contribution >= 4 is 33.4 Å². The molecule has 3 rings (SSSR count). The minimum absolute atomic E-state index is 0.0636. The van der Waals surface area contributed by atoms with Gasteiger partial charge in [0.1, 0.15) is 11.6 Å². The van der Waals surface area contributed by atoms with Crippen molar-refractivity contribution in [3.05, 3.63) is 57.8 Å². The van der Waals surface area contributed by atoms with Crippen LogP contribution in [0.1, 0.15) is 18.1 Å². The third-order valence-electron chi connectivity index (χ3n) is 5.48. The van der Waals surface area contributed by atoms with E-state index in [9.17, 15) is 14.0 Å². The van der Waals surface area contributed by atoms with Crippen molar-refractivity contribution in [3.8, 4) is 5.75 Å². The van der Waals surface area contributed by atoms with E-state index >= 15 is 0 Å². The third-order valence-corrected chi connectivity index (χ3v) is 6.10. The summed E-state index contributed by atoms with van der Waals surface area (Å²) >= 11 is 3.25. The molecule has 1 fully saturated rings. The first-order valence-electron chi connectivity index (χ1n) is 10.2. The van der Waals surface area contributed by atoms with Gasteiger partial charge in [0.25, 0.3) is 5.91 Å². The lowest BCUT2D eigenvalue weighted by molar-refractivity contribution is -0.139. The Labute approximate surface area is 190 Å². The fourth-order valence-electron chi connectivity index (χ4n) is 3.47. The zero-order valence-electron chi connectivity index (χ0n) is 18.0. The van der Waals surface area contributed by atoms with Crippen molar-refractivity contribution < 1.29 is 18.7 Å². The molecule has 166 valence electrons. The first kappa shape index (κ1) is 23.2. The number of benzene rings is 2. The van der Waals surface area contributed by atoms with E-state index in [1.165, 1.54) is 18.2 Å². The molecule has 0 spiro atoms. The van der Waals surface area contributed by atoms with Gasteiger partial charge in [0, 0.05) is 31.9 Å². The lowest BCUT2D eigenvalue weighted by Crippen LogP contribution is -2.53. The van der Waals surface area contributed by atoms with Crippen LogP contribution in [0.4, 0.5) is 10.1 Å². The standard InChI is InChI=1S/C23H27BrFN3O3/c1-15-5-4-6-20(16(15)2)26-22(29)14-27-9-11-28(12-10-27)23(30)17(3)31-21-8-7-18(25)13-19(21)24/h4-8,13,17H,9-12,14H2,1-3H3,(H,26,29). The van der Waals surface area contributed by atoms with Crippen molar-refractivity contribution in [1.29, 1.82) is 0 Å². The van der Waals surface area contributed by atoms with Crippen LogP contribution in [-0.2, 0) is 9.59 Å². The van der Waals surface area contributed by atoms with E-state index < -0.39 is 6.10 Å². The van der Waals surface area contributed by atoms with Gasteiger partial charge in [-0.3, -0.25) is 14.5 Å². The van der Waals surface area contributed by atoms with Gasteiger partial charge in [-0.05, 0) is 72.1 Å². The number of piperazine rings is 1. The minimum atomic E-state index is -0.694. The predicted molar refractivity (Wildman–Crippen MR) is 122 cm³/mol. The Morgan fingerprint density at radius 3 is 2.55 bits per heavy atom. The van der Waals surface area contributed by atoms with E-state index in [0.717, 1.165) is 16.8 Å². The summed E-state index contributed by atoms with van der Waals surface area (Å²) in [5.41, 5.74) is 3.03. The number of rotatable bonds is 6. The van der Waals surface area contributed by atoms with E-state index in [-0.39, 0.29) is 24.2 Å². The molecule has 0 bridgehead atoms. The smallest absolute Gasteiger partial charge is 0.263 e. The van der Waals surface area contributed by atoms with Gasteiger partial charge in [-0.1, -0.05) is 12.1 Å². The van der Waals surface area contributed by atoms with Crippen LogP contribution in [0.15, 0.2) is 40.9 Å². The second-order valence-corrected chi connectivity index (χ2v) is 8.59. The molecule has 1 aliphatic rings. The maximum absolute atomic E-state index is 13.2. The van der Waals surface area contributed by atoms with Crippen LogP contribution in [0, 0.1) is 19.7 Å². The first-order valence-corrected chi connectivity index (χ1v) is 11.0. The Morgan fingerprint density at radius 1 is 1.16 bits per heavy atom. The number of hydrogen-bond acceptors (Lipinski definition) is 4. The molecule has 8 heteroatoms. The van der Waals surface area contributed by atoms with E-state index in [0.29, 0.717) is 36.4 Å². The molecule has 6 nitrogen and oxygen atoms in total. The maximum atomic E-state index is 13.2. The SMILES string of the molecule is Cc1cccc(NC(=O)CN2CCN(C(=O)C(C)Oc3ccc(F)cc3Br)CC2)c1C. The van der Waals surface area contributed by atoms with Crippen LogP contribution in [0.3, 0.4) is 0 Å². The van der Waals surface area contributed by atoms with Crippen molar-refractivity contribution in [2.24, 2.45) is 0 Å². The zero-order valence-corrected chi connectivity index (χ0v) is 19.5. The summed E-state index contributed by atoms with van der Waals surface area (Å²) in [6.07, 6.45) is -0.694. The molecule has 1 saturated heterocycles. The van der Waals surface area contributed by atoms with Crippen LogP contribution >= 0.6 is 15.9 Å². The number of carbonyl (C=O) groups excluding carboxylic acids is 2. The molecule has 0 aliphatic carbocycles. The molecule has 0 radical (unpaired) electrons. The van der Waals surface area contributed by atoms with Crippen LogP contribution < -0.4 is 10.1 Å². The largest absolute Gasteiger partial charge is 0.480 e. The number of nitrogens with one attached hydrogen (secondary N) is 1. The Morgan fingerprint density at radius 2 is 1.87 bits per heavy atom. The number of amides is 2. The van der Waals surface area contributed by atoms with Crippen LogP contribution in [0.2, 0.25) is 0 Å². The van der Waals surface area contributed by atoms with Gasteiger partial charge < -0.3 is 15.0 Å². The summed E-state index contributed by atoms with van der Waals surface area (Å²) in [5.74, 6) is -0.151. The summed E-state index contributed by atoms with van der Waals surface area (Å²) in [6.45, 7) is 8.23. The molecular weight excluding hydrogens is 465 g/mol. The number of hydrogen-bond donors (Lipinski definition) is 1. The second kappa shape index (κ2) is 10.2. The summed E-state index contributed by atoms with van der Waals surface area (Å²) in [7, 11) is 0. The van der Waals surface area contributed by atoms with Gasteiger partial charge in [0.05, 0.1) is 11.0 Å². The molecule has 1 atom stereocenters. The number of halogens is 2. The van der Waals surface area contributed by atoms with Crippen LogP contribution in [0.5, 0.6) is 5.75 Å². The number of ether oxygens (including phenoxy) is 1. The molecule has 2 amide bonds. The van der Waals surface area contributed by atoms with Crippen LogP contribution in [-0.4, -0.2) is 60.4 Å². The Balaban J connectivity index is 1.47. The monoisotopic (exact) mass is 491 g/mol. The third kappa shape index (κ3) is 6.04. The van der Waals surface area contributed by atoms with E-state index in [1.807, 2.05) is 36.9 Å². The average Bonchev–Trinajstić information content (AvgIpc) is 2.73. The highest BCUT2D eigenvalue weighted by Crippen LogP contribution is 2.26. The summed E-state index contributed by atoms with van der Waals surface area (Å²) < 4.78 is 19.4. The van der Waals surface area contributed by atoms with Gasteiger partial charge in [0.15, 0.2) is 6.10 Å². The van der Waals surface area contributed by atoms with Crippen molar-refractivity contribution in [3.63, 3.8) is 0 Å². The van der Waals surface area contributed by atoms with E-state index in [4.69, 9.17) is 4.74 Å². The Bertz CT molecular complexity index is 961. The van der Waals surface area contributed by atoms with E-state index in [1.54, 1.807) is 11.8 Å². The number of carbonyl (C=O) groups is 2. The molecule has 1 heterocycles. The second-order valence-electron chi connectivity index (χ2n) is 7.73. The molecule has 31 heavy (non-hydrogen) atoms. The highest BCUT2D eigenvalue weighted by Gasteiger charge is 2.27. The van der Waals surface area contributed by atoms with Crippen molar-refractivity contribution in [1.82, 2.24) is 9.80 Å². The normalized spacial score (nSPS) is 15.5. The van der Waals surface area contributed by atoms with Crippen molar-refractivity contribution in [2.45, 2.75) is 26.9 Å². The van der Waals surface area contributed by atoms with Crippen molar-refractivity contribution in [2.75, 3.05) is 38.0 Å². The fourth-order valence-corrected chi connectivity index (χ4v) is 3.92. The van der Waals surface area contributed by atoms with Gasteiger partial charge in [-0.2, -0.15) is 0 Å². The van der Waals surface area contributed by atoms with Gasteiger partial charge in [0.2, 0.25) is 5.91 Å². The molecular formula is C23H27BrFN3O3. The van der Waals surface area contributed by atoms with E-state index in [2.05, 4.69) is 21.2 Å². The molecule has 2 aromatic carbocycles. The highest BCUT2D eigenvalue weighted by atomic mass is 79.9. The maximum Gasteiger partial charge on any atom is 0.263 e. The molecule has 0 saturated carbocycles. The van der Waals surface area contributed by atoms with Gasteiger partial charge >= 0.3 is 0 Å². The molecule has 0 aromatic heterocycles. The Hall–Kier alpha value is -2.45. The lowest BCUT2D eigenvalue weighted by atomic mass is 10.1. The minimum Gasteiger partial charge on any atom is -0.480 e. The highest BCUT2D eigenvalue weighted by molar-refractivity contribution is 9.10. The molecule has 1 aliphatic heterocycles. The quantitative estimate of drug-likeness (QED) is 0.668. The number of nitrogens with zero attached hydrogens (tertiary/aromatic N) is 2. The number of aryl methyl sites for hydroxylation is 1. The van der Waals surface area contributed by atoms with Gasteiger partial charge in [-0.15, -0.1) is 0 Å². The zero-order chi connectivity index (χ0) is 22.5. The predicted octanol–water partition coefficient (Wildman–Crippen LogP) is 3.76. The first-order chi connectivity index (χ1) is 14.7. The topological polar surface area (TPSA) is 61.9 Å². The molecule has 1 unspecified atom stereocenters. The Kier molecular flexibility index (Phi) is 7.67. The number of anilines is 1. The van der Waals surface area contributed by atoms with Crippen LogP contribution in [0.25, 0.3) is 0 Å². The lowest BCUT2D eigenvalue weighted by Gasteiger charge is -2.35. The fraction of sp³-hybridized carbons (Fsp3) is 0.391. The summed E-state index contributed by atoms with van der Waals surface area (Å²) in [4.78, 5) is 28.9. The summed E-state index contributed by atoms with van der Waals surface area (Å²) in [5, 5.41) is 2.97. The molecule has 1 N–H and O–H groups in total. The van der Waals surface area contributed by atoms with Gasteiger partial charge in [-0.25, -0.2) is 4.39 Å².